The molecule has 2 N–H and O–H groups in total. The number of hydrogen-bond acceptors (Lipinski definition) is 10. The summed E-state index contributed by atoms with van der Waals surface area (Å²) in [5.74, 6) is -1.27. The molecule has 3 saturated heterocycles. The minimum Gasteiger partial charge on any atom is -0.372 e. The number of amides is 5. The second kappa shape index (κ2) is 16.0. The summed E-state index contributed by atoms with van der Waals surface area (Å²) in [6.07, 6.45) is 6.25. The van der Waals surface area contributed by atoms with Gasteiger partial charge in [-0.1, -0.05) is 11.6 Å². The Morgan fingerprint density at radius 2 is 1.54 bits per heavy atom. The molecule has 5 amide bonds. The Hall–Kier alpha value is -5.29. The molecule has 13 nitrogen and oxygen atoms in total. The van der Waals surface area contributed by atoms with Crippen LogP contribution in [0.3, 0.4) is 0 Å². The van der Waals surface area contributed by atoms with Crippen molar-refractivity contribution in [1.29, 1.82) is 5.26 Å². The van der Waals surface area contributed by atoms with E-state index >= 15 is 0 Å². The molecule has 4 fully saturated rings. The van der Waals surface area contributed by atoms with Gasteiger partial charge in [0.15, 0.2) is 0 Å². The quantitative estimate of drug-likeness (QED) is 0.291. The van der Waals surface area contributed by atoms with Crippen LogP contribution in [0.2, 0.25) is 5.02 Å². The Labute approximate surface area is 349 Å². The van der Waals surface area contributed by atoms with Gasteiger partial charge in [0.25, 0.3) is 17.7 Å². The zero-order valence-corrected chi connectivity index (χ0v) is 34.0. The van der Waals surface area contributed by atoms with Crippen molar-refractivity contribution >= 4 is 52.5 Å². The van der Waals surface area contributed by atoms with Gasteiger partial charge < -0.3 is 15.1 Å². The van der Waals surface area contributed by atoms with Crippen molar-refractivity contribution in [3.8, 4) is 6.07 Å². The normalized spacial score (nSPS) is 24.1. The number of nitrogens with zero attached hydrogens (tertiary/aromatic N) is 6. The average Bonchev–Trinajstić information content (AvgIpc) is 3.74. The van der Waals surface area contributed by atoms with Crippen molar-refractivity contribution in [2.24, 2.45) is 5.92 Å². The average molecular weight is 817 g/mol. The molecule has 1 atom stereocenters. The number of nitriles is 1. The number of likely N-dealkylation sites (tertiary alicyclic amines) is 1. The summed E-state index contributed by atoms with van der Waals surface area (Å²) in [4.78, 5) is 74.6. The molecule has 59 heavy (non-hydrogen) atoms. The van der Waals surface area contributed by atoms with Crippen LogP contribution in [0.5, 0.6) is 0 Å². The number of fused-ring (bicyclic) bond motifs is 2. The Morgan fingerprint density at radius 3 is 2.15 bits per heavy atom. The third-order valence-electron chi connectivity index (χ3n) is 13.6. The van der Waals surface area contributed by atoms with E-state index in [-0.39, 0.29) is 30.7 Å². The molecule has 1 unspecified atom stereocenters. The van der Waals surface area contributed by atoms with Gasteiger partial charge in [-0.3, -0.25) is 44.0 Å². The summed E-state index contributed by atoms with van der Waals surface area (Å²) in [5, 5.41) is 15.2. The molecule has 14 heteroatoms. The number of hydrogen-bond donors (Lipinski definition) is 2. The van der Waals surface area contributed by atoms with E-state index in [9.17, 15) is 29.2 Å². The van der Waals surface area contributed by atoms with Crippen LogP contribution >= 0.6 is 11.6 Å². The lowest BCUT2D eigenvalue weighted by Crippen LogP contribution is -2.59. The predicted octanol–water partition coefficient (Wildman–Crippen LogP) is 4.71. The molecule has 0 aromatic heterocycles. The molecule has 5 heterocycles. The number of carbonyl (C=O) groups is 5. The molecular formula is C45H49ClN8O5. The lowest BCUT2D eigenvalue weighted by Gasteiger charge is -2.46. The molecule has 1 aliphatic carbocycles. The second-order valence-corrected chi connectivity index (χ2v) is 17.6. The van der Waals surface area contributed by atoms with E-state index in [1.165, 1.54) is 0 Å². The van der Waals surface area contributed by atoms with E-state index in [0.29, 0.717) is 45.3 Å². The van der Waals surface area contributed by atoms with Crippen molar-refractivity contribution < 1.29 is 24.0 Å². The standard InChI is InChI=1S/C45H49ClN8O5/c1-50(35-9-4-29(21-47)39(46)20-35)33-10-5-32(6-11-33)48-42(56)28-2-7-34(8-3-28)52-16-14-27(15-17-52)22-51-25-36(26-51)53-23-30-18-37-38(19-31(30)24-53)45(59)54(44(37)58)40-12-13-41(55)49-43(40)57/h2-4,7-9,18-20,27,32-33,36,40H,5-6,10-17,22-26H2,1H3,(H,48,56)(H,49,55,57)/t32-,33-,40?. The van der Waals surface area contributed by atoms with Crippen molar-refractivity contribution in [2.45, 2.75) is 88.6 Å². The number of nitrogens with one attached hydrogen (secondary N) is 2. The fourth-order valence-corrected chi connectivity index (χ4v) is 10.3. The van der Waals surface area contributed by atoms with Crippen LogP contribution in [0, 0.1) is 17.2 Å². The Balaban J connectivity index is 0.691. The highest BCUT2D eigenvalue weighted by Gasteiger charge is 2.46. The van der Waals surface area contributed by atoms with Gasteiger partial charge in [-0.25, -0.2) is 0 Å². The topological polar surface area (TPSA) is 149 Å². The predicted molar refractivity (Wildman–Crippen MR) is 222 cm³/mol. The highest BCUT2D eigenvalue weighted by molar-refractivity contribution is 6.32. The van der Waals surface area contributed by atoms with Gasteiger partial charge >= 0.3 is 0 Å². The fraction of sp³-hybridized carbons (Fsp3) is 0.467. The first-order chi connectivity index (χ1) is 28.5. The van der Waals surface area contributed by atoms with Gasteiger partial charge in [0.1, 0.15) is 12.1 Å². The highest BCUT2D eigenvalue weighted by Crippen LogP contribution is 2.36. The second-order valence-electron chi connectivity index (χ2n) is 17.2. The van der Waals surface area contributed by atoms with Gasteiger partial charge in [0.05, 0.1) is 21.7 Å². The monoisotopic (exact) mass is 816 g/mol. The van der Waals surface area contributed by atoms with Crippen molar-refractivity contribution in [3.63, 3.8) is 0 Å². The van der Waals surface area contributed by atoms with Crippen LogP contribution < -0.4 is 20.4 Å². The molecular weight excluding hydrogens is 768 g/mol. The minimum absolute atomic E-state index is 0.0242. The molecule has 3 aromatic rings. The van der Waals surface area contributed by atoms with Crippen LogP contribution in [0.15, 0.2) is 54.6 Å². The molecule has 3 aromatic carbocycles. The third-order valence-corrected chi connectivity index (χ3v) is 14.0. The summed E-state index contributed by atoms with van der Waals surface area (Å²) >= 11 is 6.28. The highest BCUT2D eigenvalue weighted by atomic mass is 35.5. The Kier molecular flexibility index (Phi) is 10.7. The molecule has 9 rings (SSSR count). The Bertz CT molecular complexity index is 2190. The van der Waals surface area contributed by atoms with E-state index in [0.717, 1.165) is 112 Å². The third kappa shape index (κ3) is 7.70. The number of halogens is 1. The summed E-state index contributed by atoms with van der Waals surface area (Å²) in [6, 6.07) is 19.4. The maximum absolute atomic E-state index is 13.3. The zero-order chi connectivity index (χ0) is 40.9. The van der Waals surface area contributed by atoms with Gasteiger partial charge in [-0.2, -0.15) is 5.26 Å². The largest absolute Gasteiger partial charge is 0.372 e. The molecule has 306 valence electrons. The number of piperidine rings is 2. The van der Waals surface area contributed by atoms with Crippen LogP contribution in [0.4, 0.5) is 11.4 Å². The van der Waals surface area contributed by atoms with Crippen molar-refractivity contribution in [3.05, 3.63) is 93.0 Å². The van der Waals surface area contributed by atoms with Crippen molar-refractivity contribution in [1.82, 2.24) is 25.3 Å². The van der Waals surface area contributed by atoms with Gasteiger partial charge in [0.2, 0.25) is 11.8 Å². The summed E-state index contributed by atoms with van der Waals surface area (Å²) in [6.45, 7) is 6.54. The van der Waals surface area contributed by atoms with Crippen LogP contribution in [0.1, 0.15) is 99.1 Å². The maximum Gasteiger partial charge on any atom is 0.262 e. The van der Waals surface area contributed by atoms with E-state index in [1.807, 2.05) is 36.4 Å². The number of anilines is 2. The first-order valence-electron chi connectivity index (χ1n) is 20.9. The van der Waals surface area contributed by atoms with E-state index in [4.69, 9.17) is 11.6 Å². The molecule has 0 spiro atoms. The van der Waals surface area contributed by atoms with E-state index < -0.39 is 23.8 Å². The van der Waals surface area contributed by atoms with Gasteiger partial charge in [-0.05, 0) is 117 Å². The number of rotatable bonds is 9. The summed E-state index contributed by atoms with van der Waals surface area (Å²) < 4.78 is 0. The number of carbonyl (C=O) groups excluding carboxylic acids is 5. The lowest BCUT2D eigenvalue weighted by molar-refractivity contribution is -0.136. The molecule has 1 saturated carbocycles. The fourth-order valence-electron chi connectivity index (χ4n) is 10.0. The van der Waals surface area contributed by atoms with Crippen LogP contribution in [-0.2, 0) is 22.7 Å². The molecule has 0 radical (unpaired) electrons. The first-order valence-corrected chi connectivity index (χ1v) is 21.3. The zero-order valence-electron chi connectivity index (χ0n) is 33.3. The summed E-state index contributed by atoms with van der Waals surface area (Å²) in [5.41, 5.74) is 6.14. The molecule has 6 aliphatic rings. The smallest absolute Gasteiger partial charge is 0.262 e. The number of imide groups is 2. The first kappa shape index (κ1) is 39.2. The minimum atomic E-state index is -0.952. The molecule has 0 bridgehead atoms. The molecule has 5 aliphatic heterocycles. The summed E-state index contributed by atoms with van der Waals surface area (Å²) in [7, 11) is 2.06. The van der Waals surface area contributed by atoms with E-state index in [1.54, 1.807) is 6.07 Å². The lowest BCUT2D eigenvalue weighted by atomic mass is 9.90. The van der Waals surface area contributed by atoms with Gasteiger partial charge in [-0.15, -0.1) is 0 Å². The SMILES string of the molecule is CN(c1ccc(C#N)c(Cl)c1)[C@H]1CC[C@H](NC(=O)c2ccc(N3CCC(CN4CC(N5Cc6cc7c(cc6C5)C(=O)N(C5CCC(=O)NC5=O)C7=O)C4)CC3)cc2)CC1. The van der Waals surface area contributed by atoms with Crippen LogP contribution in [-0.4, -0.2) is 108 Å². The number of benzene rings is 3. The van der Waals surface area contributed by atoms with Crippen LogP contribution in [0.25, 0.3) is 0 Å². The Morgan fingerprint density at radius 1 is 0.881 bits per heavy atom. The van der Waals surface area contributed by atoms with Crippen molar-refractivity contribution in [2.75, 3.05) is 49.6 Å². The maximum atomic E-state index is 13.3. The van der Waals surface area contributed by atoms with Gasteiger partial charge in [0, 0.05) is 94.3 Å². The van der Waals surface area contributed by atoms with E-state index in [2.05, 4.69) is 55.5 Å².